The van der Waals surface area contributed by atoms with Crippen LogP contribution in [0.2, 0.25) is 0 Å². The van der Waals surface area contributed by atoms with Gasteiger partial charge in [0.1, 0.15) is 4.90 Å². The molecule has 142 valence electrons. The Morgan fingerprint density at radius 2 is 1.48 bits per heavy atom. The zero-order valence-corrected chi connectivity index (χ0v) is 17.8. The lowest BCUT2D eigenvalue weighted by molar-refractivity contribution is 0.584. The molecule has 0 saturated heterocycles. The van der Waals surface area contributed by atoms with E-state index in [9.17, 15) is 16.8 Å². The Kier molecular flexibility index (Phi) is 5.20. The second-order valence-electron chi connectivity index (χ2n) is 5.93. The maximum Gasteiger partial charge on any atom is 0.268 e. The molecule has 1 N–H and O–H groups in total. The Morgan fingerprint density at radius 3 is 2.07 bits per heavy atom. The Labute approximate surface area is 167 Å². The van der Waals surface area contributed by atoms with Crippen LogP contribution in [0.4, 0.5) is 5.69 Å². The minimum Gasteiger partial charge on any atom is -0.280 e. The molecule has 0 aliphatic carbocycles. The predicted octanol–water partition coefficient (Wildman–Crippen LogP) is 3.91. The van der Waals surface area contributed by atoms with Gasteiger partial charge in [-0.2, -0.15) is 0 Å². The number of rotatable bonds is 5. The molecule has 0 aliphatic heterocycles. The molecule has 6 nitrogen and oxygen atoms in total. The van der Waals surface area contributed by atoms with Crippen molar-refractivity contribution in [1.29, 1.82) is 0 Å². The molecule has 0 unspecified atom stereocenters. The molecule has 0 aliphatic rings. The smallest absolute Gasteiger partial charge is 0.268 e. The van der Waals surface area contributed by atoms with Crippen molar-refractivity contribution in [2.45, 2.75) is 23.6 Å². The topological polar surface area (TPSA) is 85.2 Å². The molecular formula is C18H17BrN2O4S2. The van der Waals surface area contributed by atoms with Gasteiger partial charge in [0, 0.05) is 15.9 Å². The number of benzene rings is 2. The third kappa shape index (κ3) is 3.80. The van der Waals surface area contributed by atoms with Crippen LogP contribution in [-0.4, -0.2) is 20.8 Å². The molecule has 0 saturated carbocycles. The van der Waals surface area contributed by atoms with E-state index in [1.165, 1.54) is 25.1 Å². The van der Waals surface area contributed by atoms with Crippen LogP contribution >= 0.6 is 15.9 Å². The summed E-state index contributed by atoms with van der Waals surface area (Å²) < 4.78 is 55.9. The van der Waals surface area contributed by atoms with Crippen LogP contribution in [0.1, 0.15) is 11.4 Å². The fourth-order valence-corrected chi connectivity index (χ4v) is 6.07. The average Bonchev–Trinajstić information content (AvgIpc) is 2.93. The lowest BCUT2D eigenvalue weighted by Crippen LogP contribution is -2.18. The van der Waals surface area contributed by atoms with Gasteiger partial charge in [-0.1, -0.05) is 34.1 Å². The monoisotopic (exact) mass is 468 g/mol. The van der Waals surface area contributed by atoms with Crippen LogP contribution in [0.5, 0.6) is 0 Å². The van der Waals surface area contributed by atoms with E-state index in [4.69, 9.17) is 0 Å². The third-order valence-corrected chi connectivity index (χ3v) is 7.92. The van der Waals surface area contributed by atoms with E-state index in [1.54, 1.807) is 49.4 Å². The van der Waals surface area contributed by atoms with Crippen molar-refractivity contribution < 1.29 is 16.8 Å². The first-order chi connectivity index (χ1) is 12.6. The zero-order chi connectivity index (χ0) is 19.8. The molecular weight excluding hydrogens is 452 g/mol. The molecule has 2 aromatic carbocycles. The highest BCUT2D eigenvalue weighted by atomic mass is 79.9. The number of aromatic nitrogens is 1. The molecule has 1 heterocycles. The van der Waals surface area contributed by atoms with Gasteiger partial charge in [-0.25, -0.2) is 20.8 Å². The highest BCUT2D eigenvalue weighted by molar-refractivity contribution is 9.10. The summed E-state index contributed by atoms with van der Waals surface area (Å²) in [6.45, 7) is 3.04. The van der Waals surface area contributed by atoms with E-state index >= 15 is 0 Å². The predicted molar refractivity (Wildman–Crippen MR) is 108 cm³/mol. The first-order valence-corrected chi connectivity index (χ1v) is 11.6. The number of nitrogens with zero attached hydrogens (tertiary/aromatic N) is 1. The summed E-state index contributed by atoms with van der Waals surface area (Å²) in [5.41, 5.74) is 0.822. The van der Waals surface area contributed by atoms with Crippen LogP contribution in [-0.2, 0) is 20.0 Å². The van der Waals surface area contributed by atoms with Crippen molar-refractivity contribution in [2.75, 3.05) is 4.72 Å². The average molecular weight is 469 g/mol. The summed E-state index contributed by atoms with van der Waals surface area (Å²) in [5.74, 6) is 0. The van der Waals surface area contributed by atoms with Crippen molar-refractivity contribution in [3.8, 4) is 0 Å². The second kappa shape index (κ2) is 7.14. The molecule has 0 fully saturated rings. The van der Waals surface area contributed by atoms with Gasteiger partial charge in [0.2, 0.25) is 0 Å². The summed E-state index contributed by atoms with van der Waals surface area (Å²) in [7, 11) is -7.85. The highest BCUT2D eigenvalue weighted by Crippen LogP contribution is 2.27. The molecule has 0 spiro atoms. The number of aryl methyl sites for hydroxylation is 1. The Morgan fingerprint density at radius 1 is 0.889 bits per heavy atom. The van der Waals surface area contributed by atoms with Gasteiger partial charge in [-0.15, -0.1) is 0 Å². The van der Waals surface area contributed by atoms with Crippen LogP contribution < -0.4 is 4.72 Å². The Bertz CT molecular complexity index is 1180. The van der Waals surface area contributed by atoms with Crippen LogP contribution in [0.25, 0.3) is 0 Å². The number of hydrogen-bond donors (Lipinski definition) is 1. The quantitative estimate of drug-likeness (QED) is 0.614. The summed E-state index contributed by atoms with van der Waals surface area (Å²) >= 11 is 3.29. The number of sulfonamides is 1. The van der Waals surface area contributed by atoms with Gasteiger partial charge in [-0.05, 0) is 56.3 Å². The molecule has 3 aromatic rings. The fourth-order valence-electron chi connectivity index (χ4n) is 2.79. The third-order valence-electron chi connectivity index (χ3n) is 3.99. The van der Waals surface area contributed by atoms with Crippen LogP contribution in [0.15, 0.2) is 74.9 Å². The minimum atomic E-state index is -3.95. The van der Waals surface area contributed by atoms with Gasteiger partial charge < -0.3 is 0 Å². The second-order valence-corrected chi connectivity index (χ2v) is 10.3. The van der Waals surface area contributed by atoms with Crippen molar-refractivity contribution in [3.63, 3.8) is 0 Å². The SMILES string of the molecule is Cc1cc(S(=O)(=O)Nc2ccc(Br)cc2)c(C)n1S(=O)(=O)c1ccccc1. The number of nitrogens with one attached hydrogen (secondary N) is 1. The molecule has 27 heavy (non-hydrogen) atoms. The largest absolute Gasteiger partial charge is 0.280 e. The van der Waals surface area contributed by atoms with E-state index in [0.29, 0.717) is 11.4 Å². The molecule has 0 bridgehead atoms. The normalized spacial score (nSPS) is 12.1. The fraction of sp³-hybridized carbons (Fsp3) is 0.111. The Hall–Kier alpha value is -2.10. The van der Waals surface area contributed by atoms with E-state index in [-0.39, 0.29) is 15.5 Å². The zero-order valence-electron chi connectivity index (χ0n) is 14.5. The van der Waals surface area contributed by atoms with Gasteiger partial charge >= 0.3 is 0 Å². The standard InChI is InChI=1S/C18H17BrN2O4S2/c1-13-12-18(26(22,23)20-16-10-8-15(19)9-11-16)14(2)21(13)27(24,25)17-6-4-3-5-7-17/h3-12,20H,1-2H3. The lowest BCUT2D eigenvalue weighted by atomic mass is 10.3. The maximum absolute atomic E-state index is 13.0. The number of anilines is 1. The lowest BCUT2D eigenvalue weighted by Gasteiger charge is -2.12. The summed E-state index contributed by atoms with van der Waals surface area (Å²) in [6, 6.07) is 15.9. The molecule has 9 heteroatoms. The summed E-state index contributed by atoms with van der Waals surface area (Å²) in [5, 5.41) is 0. The van der Waals surface area contributed by atoms with E-state index < -0.39 is 20.0 Å². The van der Waals surface area contributed by atoms with E-state index in [2.05, 4.69) is 20.7 Å². The van der Waals surface area contributed by atoms with Gasteiger partial charge in [-0.3, -0.25) is 4.72 Å². The van der Waals surface area contributed by atoms with Crippen molar-refractivity contribution >= 4 is 41.7 Å². The van der Waals surface area contributed by atoms with Gasteiger partial charge in [0.15, 0.2) is 0 Å². The molecule has 0 radical (unpaired) electrons. The summed E-state index contributed by atoms with van der Waals surface area (Å²) in [4.78, 5) is 0.0130. The van der Waals surface area contributed by atoms with E-state index in [0.717, 1.165) is 8.45 Å². The van der Waals surface area contributed by atoms with Crippen LogP contribution in [0, 0.1) is 13.8 Å². The highest BCUT2D eigenvalue weighted by Gasteiger charge is 2.28. The van der Waals surface area contributed by atoms with Crippen molar-refractivity contribution in [2.24, 2.45) is 0 Å². The first kappa shape index (κ1) is 19.7. The minimum absolute atomic E-state index is 0.0811. The molecule has 0 atom stereocenters. The molecule has 3 rings (SSSR count). The number of halogens is 1. The van der Waals surface area contributed by atoms with Gasteiger partial charge in [0.05, 0.1) is 10.6 Å². The van der Waals surface area contributed by atoms with Crippen molar-refractivity contribution in [1.82, 2.24) is 3.97 Å². The molecule has 0 amide bonds. The first-order valence-electron chi connectivity index (χ1n) is 7.91. The molecule has 1 aromatic heterocycles. The Balaban J connectivity index is 2.07. The van der Waals surface area contributed by atoms with Crippen LogP contribution in [0.3, 0.4) is 0 Å². The maximum atomic E-state index is 13.0. The summed E-state index contributed by atoms with van der Waals surface area (Å²) in [6.07, 6.45) is 0. The van der Waals surface area contributed by atoms with Gasteiger partial charge in [0.25, 0.3) is 20.0 Å². The number of hydrogen-bond acceptors (Lipinski definition) is 4. The van der Waals surface area contributed by atoms with Crippen molar-refractivity contribution in [3.05, 3.63) is 76.5 Å². The van der Waals surface area contributed by atoms with E-state index in [1.807, 2.05) is 0 Å².